The number of ether oxygens (including phenoxy) is 3. The van der Waals surface area contributed by atoms with Crippen molar-refractivity contribution in [1.29, 1.82) is 0 Å². The Bertz CT molecular complexity index is 1160. The maximum atomic E-state index is 7.05. The molecule has 0 aliphatic rings. The Labute approximate surface area is 249 Å². The van der Waals surface area contributed by atoms with Crippen molar-refractivity contribution in [2.45, 2.75) is 58.8 Å². The number of hydrogen-bond donors (Lipinski definition) is 0. The zero-order valence-electron chi connectivity index (χ0n) is 25.9. The van der Waals surface area contributed by atoms with Crippen molar-refractivity contribution >= 4 is 18.7 Å². The summed E-state index contributed by atoms with van der Waals surface area (Å²) in [6.45, 7) is 12.5. The highest BCUT2D eigenvalue weighted by molar-refractivity contribution is 6.99. The lowest BCUT2D eigenvalue weighted by atomic mass is 9.92. The van der Waals surface area contributed by atoms with E-state index in [-0.39, 0.29) is 23.0 Å². The average Bonchev–Trinajstić information content (AvgIpc) is 2.98. The Hall–Kier alpha value is -3.12. The highest BCUT2D eigenvalue weighted by atomic mass is 28.4. The summed E-state index contributed by atoms with van der Waals surface area (Å²) in [4.78, 5) is 0. The number of benzene rings is 3. The first-order valence-corrected chi connectivity index (χ1v) is 16.5. The SMILES string of the molecule is CO/C=C\[C@@H](C)[C@@H](OCc1ccc(OC)cc1)[C@@H](C)/C=C/CCO[Si](c1ccccc1)(c1ccccc1)C(C)(C)C. The molecule has 3 aromatic carbocycles. The van der Waals surface area contributed by atoms with Gasteiger partial charge in [-0.2, -0.15) is 0 Å². The second-order valence-electron chi connectivity index (χ2n) is 11.6. The van der Waals surface area contributed by atoms with E-state index in [2.05, 4.69) is 114 Å². The van der Waals surface area contributed by atoms with E-state index in [4.69, 9.17) is 18.6 Å². The van der Waals surface area contributed by atoms with E-state index < -0.39 is 8.32 Å². The first kappa shape index (κ1) is 32.4. The van der Waals surface area contributed by atoms with Crippen LogP contribution in [0.2, 0.25) is 5.04 Å². The van der Waals surface area contributed by atoms with Crippen molar-refractivity contribution < 1.29 is 18.6 Å². The smallest absolute Gasteiger partial charge is 0.261 e. The van der Waals surface area contributed by atoms with Gasteiger partial charge in [-0.1, -0.05) is 120 Å². The van der Waals surface area contributed by atoms with Crippen LogP contribution in [0.5, 0.6) is 5.75 Å². The Morgan fingerprint density at radius 1 is 0.756 bits per heavy atom. The third-order valence-corrected chi connectivity index (χ3v) is 12.7. The molecule has 3 atom stereocenters. The Morgan fingerprint density at radius 3 is 1.83 bits per heavy atom. The maximum Gasteiger partial charge on any atom is 0.261 e. The number of hydrogen-bond acceptors (Lipinski definition) is 4. The maximum absolute atomic E-state index is 7.05. The van der Waals surface area contributed by atoms with Crippen molar-refractivity contribution in [3.8, 4) is 5.75 Å². The molecule has 0 aromatic heterocycles. The van der Waals surface area contributed by atoms with E-state index in [9.17, 15) is 0 Å². The van der Waals surface area contributed by atoms with Crippen LogP contribution in [0.25, 0.3) is 0 Å². The van der Waals surface area contributed by atoms with Gasteiger partial charge in [0.2, 0.25) is 0 Å². The van der Waals surface area contributed by atoms with E-state index in [0.717, 1.165) is 17.7 Å². The topological polar surface area (TPSA) is 36.9 Å². The van der Waals surface area contributed by atoms with Crippen molar-refractivity contribution in [1.82, 2.24) is 0 Å². The standard InChI is InChI=1S/C36H48O4Si/c1-29(35(30(2)25-27-37-6)39-28-31-21-23-32(38-7)24-22-31)16-14-15-26-40-41(36(3,4)5,33-17-10-8-11-18-33)34-19-12-9-13-20-34/h8-14,16-25,27,29-30,35H,15,26,28H2,1-7H3/b16-14+,27-25-/t29-,30+,35-/m0/s1. The average molecular weight is 573 g/mol. The van der Waals surface area contributed by atoms with Gasteiger partial charge in [-0.05, 0) is 45.6 Å². The molecular formula is C36H48O4Si. The predicted octanol–water partition coefficient (Wildman–Crippen LogP) is 7.54. The normalized spacial score (nSPS) is 14.7. The molecule has 0 spiro atoms. The fourth-order valence-electron chi connectivity index (χ4n) is 5.47. The minimum absolute atomic E-state index is 0.00246. The monoisotopic (exact) mass is 572 g/mol. The van der Waals surface area contributed by atoms with E-state index in [1.54, 1.807) is 20.5 Å². The first-order valence-electron chi connectivity index (χ1n) is 14.6. The summed E-state index contributed by atoms with van der Waals surface area (Å²) >= 11 is 0. The summed E-state index contributed by atoms with van der Waals surface area (Å²) in [6.07, 6.45) is 9.15. The van der Waals surface area contributed by atoms with Crippen LogP contribution in [0, 0.1) is 11.8 Å². The van der Waals surface area contributed by atoms with Gasteiger partial charge in [0.25, 0.3) is 8.32 Å². The summed E-state index contributed by atoms with van der Waals surface area (Å²) in [7, 11) is 0.823. The van der Waals surface area contributed by atoms with Gasteiger partial charge in [0, 0.05) is 18.4 Å². The highest BCUT2D eigenvalue weighted by Crippen LogP contribution is 2.36. The second kappa shape index (κ2) is 15.8. The van der Waals surface area contributed by atoms with Crippen molar-refractivity contribution in [3.63, 3.8) is 0 Å². The van der Waals surface area contributed by atoms with Gasteiger partial charge in [0.05, 0.1) is 33.2 Å². The molecule has 0 saturated carbocycles. The Morgan fingerprint density at radius 2 is 1.32 bits per heavy atom. The highest BCUT2D eigenvalue weighted by Gasteiger charge is 2.49. The molecule has 0 bridgehead atoms. The molecule has 3 aromatic rings. The molecule has 0 fully saturated rings. The molecule has 0 unspecified atom stereocenters. The minimum Gasteiger partial charge on any atom is -0.505 e. The largest absolute Gasteiger partial charge is 0.505 e. The summed E-state index contributed by atoms with van der Waals surface area (Å²) < 4.78 is 24.0. The van der Waals surface area contributed by atoms with Crippen LogP contribution in [0.3, 0.4) is 0 Å². The quantitative estimate of drug-likeness (QED) is 0.0816. The van der Waals surface area contributed by atoms with Gasteiger partial charge in [-0.25, -0.2) is 0 Å². The third-order valence-electron chi connectivity index (χ3n) is 7.62. The van der Waals surface area contributed by atoms with Crippen molar-refractivity contribution in [2.75, 3.05) is 20.8 Å². The van der Waals surface area contributed by atoms with Crippen LogP contribution in [0.1, 0.15) is 46.6 Å². The summed E-state index contributed by atoms with van der Waals surface area (Å²) in [5.74, 6) is 1.23. The molecule has 0 heterocycles. The summed E-state index contributed by atoms with van der Waals surface area (Å²) in [6, 6.07) is 29.7. The molecule has 0 N–H and O–H groups in total. The van der Waals surface area contributed by atoms with Gasteiger partial charge in [-0.15, -0.1) is 0 Å². The van der Waals surface area contributed by atoms with Crippen LogP contribution in [0.4, 0.5) is 0 Å². The molecule has 0 saturated heterocycles. The van der Waals surface area contributed by atoms with Crippen LogP contribution in [0.15, 0.2) is 109 Å². The molecule has 3 rings (SSSR count). The van der Waals surface area contributed by atoms with Crippen molar-refractivity contribution in [3.05, 3.63) is 115 Å². The fourth-order valence-corrected chi connectivity index (χ4v) is 10.1. The molecule has 0 aliphatic carbocycles. The lowest BCUT2D eigenvalue weighted by Gasteiger charge is -2.43. The molecule has 41 heavy (non-hydrogen) atoms. The molecule has 0 radical (unpaired) electrons. The van der Waals surface area contributed by atoms with Gasteiger partial charge in [-0.3, -0.25) is 0 Å². The molecule has 4 nitrogen and oxygen atoms in total. The minimum atomic E-state index is -2.53. The molecule has 0 aliphatic heterocycles. The zero-order chi connectivity index (χ0) is 29.7. The van der Waals surface area contributed by atoms with Gasteiger partial charge in [0.15, 0.2) is 0 Å². The van der Waals surface area contributed by atoms with Crippen LogP contribution in [-0.2, 0) is 20.5 Å². The zero-order valence-corrected chi connectivity index (χ0v) is 26.9. The van der Waals surface area contributed by atoms with Gasteiger partial charge < -0.3 is 18.6 Å². The number of rotatable bonds is 15. The lowest BCUT2D eigenvalue weighted by Crippen LogP contribution is -2.66. The van der Waals surface area contributed by atoms with Crippen LogP contribution in [-0.4, -0.2) is 35.2 Å². The van der Waals surface area contributed by atoms with E-state index in [1.807, 2.05) is 24.3 Å². The van der Waals surface area contributed by atoms with Gasteiger partial charge in [0.1, 0.15) is 5.75 Å². The molecule has 5 heteroatoms. The number of methoxy groups -OCH3 is 2. The Kier molecular flexibility index (Phi) is 12.5. The van der Waals surface area contributed by atoms with Crippen molar-refractivity contribution in [2.24, 2.45) is 11.8 Å². The van der Waals surface area contributed by atoms with E-state index in [1.165, 1.54) is 10.4 Å². The van der Waals surface area contributed by atoms with E-state index >= 15 is 0 Å². The van der Waals surface area contributed by atoms with Crippen LogP contribution >= 0.6 is 0 Å². The second-order valence-corrected chi connectivity index (χ2v) is 15.9. The van der Waals surface area contributed by atoms with E-state index in [0.29, 0.717) is 13.2 Å². The summed E-state index contributed by atoms with van der Waals surface area (Å²) in [5.41, 5.74) is 1.12. The molecule has 220 valence electrons. The Balaban J connectivity index is 1.72. The predicted molar refractivity (Wildman–Crippen MR) is 173 cm³/mol. The van der Waals surface area contributed by atoms with Crippen LogP contribution < -0.4 is 15.1 Å². The molecular weight excluding hydrogens is 524 g/mol. The summed E-state index contributed by atoms with van der Waals surface area (Å²) in [5, 5.41) is 2.58. The molecule has 0 amide bonds. The lowest BCUT2D eigenvalue weighted by molar-refractivity contribution is -0.00508. The first-order chi connectivity index (χ1) is 19.7. The fraction of sp³-hybridized carbons (Fsp3) is 0.389. The third kappa shape index (κ3) is 8.68. The van der Waals surface area contributed by atoms with Gasteiger partial charge >= 0.3 is 0 Å².